The van der Waals surface area contributed by atoms with Gasteiger partial charge in [-0.3, -0.25) is 5.21 Å². The summed E-state index contributed by atoms with van der Waals surface area (Å²) in [5.41, 5.74) is 3.30. The summed E-state index contributed by atoms with van der Waals surface area (Å²) in [6.07, 6.45) is 7.85. The summed E-state index contributed by atoms with van der Waals surface area (Å²) in [5.74, 6) is 0.464. The molecule has 4 nitrogen and oxygen atoms in total. The normalized spacial score (nSPS) is 23.3. The van der Waals surface area contributed by atoms with Crippen LogP contribution < -0.4 is 0 Å². The number of allylic oxidation sites excluding steroid dienone is 2. The minimum Gasteiger partial charge on any atom is -0.468 e. The molecule has 1 aromatic heterocycles. The fraction of sp³-hybridized carbons (Fsp3) is 0.286. The SMILES string of the molecule is C=C(C1=[N+]([O-])O[C@@H](C2=CCCCC2)[C@@H]1c1ccco1)c1ccccc1. The highest BCUT2D eigenvalue weighted by Gasteiger charge is 2.45. The molecule has 25 heavy (non-hydrogen) atoms. The van der Waals surface area contributed by atoms with Crippen molar-refractivity contribution in [3.8, 4) is 0 Å². The number of benzene rings is 1. The first-order valence-corrected chi connectivity index (χ1v) is 8.73. The molecule has 1 aliphatic heterocycles. The molecule has 0 fully saturated rings. The molecule has 0 radical (unpaired) electrons. The maximum Gasteiger partial charge on any atom is 0.264 e. The van der Waals surface area contributed by atoms with Crippen LogP contribution in [0.1, 0.15) is 42.9 Å². The van der Waals surface area contributed by atoms with Gasteiger partial charge in [0.05, 0.1) is 6.26 Å². The van der Waals surface area contributed by atoms with Gasteiger partial charge in [0.15, 0.2) is 0 Å². The summed E-state index contributed by atoms with van der Waals surface area (Å²) >= 11 is 0. The summed E-state index contributed by atoms with van der Waals surface area (Å²) in [4.78, 5) is 6.39. The van der Waals surface area contributed by atoms with Crippen LogP contribution in [0, 0.1) is 5.21 Å². The Balaban J connectivity index is 1.75. The Hall–Kier alpha value is -2.75. The van der Waals surface area contributed by atoms with Crippen LogP contribution in [-0.2, 0) is 4.84 Å². The highest BCUT2D eigenvalue weighted by Crippen LogP contribution is 2.40. The van der Waals surface area contributed by atoms with Crippen LogP contribution in [0.3, 0.4) is 0 Å². The van der Waals surface area contributed by atoms with Gasteiger partial charge in [0.2, 0.25) is 0 Å². The van der Waals surface area contributed by atoms with Gasteiger partial charge in [0, 0.05) is 10.5 Å². The molecular weight excluding hydrogens is 314 g/mol. The molecule has 2 heterocycles. The Morgan fingerprint density at radius 3 is 2.64 bits per heavy atom. The first-order valence-electron chi connectivity index (χ1n) is 8.73. The molecule has 2 atom stereocenters. The van der Waals surface area contributed by atoms with Crippen LogP contribution in [0.25, 0.3) is 5.57 Å². The molecule has 0 saturated heterocycles. The zero-order valence-electron chi connectivity index (χ0n) is 14.1. The molecule has 0 N–H and O–H groups in total. The predicted octanol–water partition coefficient (Wildman–Crippen LogP) is 4.84. The maximum absolute atomic E-state index is 12.7. The first-order chi connectivity index (χ1) is 12.3. The lowest BCUT2D eigenvalue weighted by atomic mass is 9.82. The summed E-state index contributed by atoms with van der Waals surface area (Å²) in [6, 6.07) is 13.5. The average molecular weight is 335 g/mol. The lowest BCUT2D eigenvalue weighted by Crippen LogP contribution is -2.24. The minimum absolute atomic E-state index is 0.274. The van der Waals surface area contributed by atoms with Gasteiger partial charge < -0.3 is 9.25 Å². The molecule has 0 bridgehead atoms. The Labute approximate surface area is 147 Å². The monoisotopic (exact) mass is 335 g/mol. The molecule has 2 aromatic rings. The van der Waals surface area contributed by atoms with Crippen LogP contribution in [0.15, 0.2) is 71.4 Å². The van der Waals surface area contributed by atoms with Gasteiger partial charge >= 0.3 is 0 Å². The van der Waals surface area contributed by atoms with E-state index in [1.165, 1.54) is 12.0 Å². The fourth-order valence-electron chi connectivity index (χ4n) is 3.72. The van der Waals surface area contributed by atoms with Crippen LogP contribution in [0.5, 0.6) is 0 Å². The molecule has 0 unspecified atom stereocenters. The van der Waals surface area contributed by atoms with E-state index in [1.54, 1.807) is 6.26 Å². The average Bonchev–Trinajstić information content (AvgIpc) is 3.30. The van der Waals surface area contributed by atoms with Gasteiger partial charge in [0.25, 0.3) is 5.71 Å². The van der Waals surface area contributed by atoms with E-state index >= 15 is 0 Å². The second kappa shape index (κ2) is 6.63. The summed E-state index contributed by atoms with van der Waals surface area (Å²) in [6.45, 7) is 4.18. The molecule has 4 rings (SSSR count). The number of rotatable bonds is 4. The highest BCUT2D eigenvalue weighted by atomic mass is 16.9. The number of hydrogen-bond acceptors (Lipinski definition) is 3. The second-order valence-corrected chi connectivity index (χ2v) is 6.53. The van der Waals surface area contributed by atoms with E-state index in [0.717, 1.165) is 30.6 Å². The topological polar surface area (TPSA) is 48.4 Å². The van der Waals surface area contributed by atoms with Gasteiger partial charge in [-0.15, -0.1) is 0 Å². The van der Waals surface area contributed by atoms with Crippen molar-refractivity contribution in [3.05, 3.63) is 83.5 Å². The Bertz CT molecular complexity index is 818. The smallest absolute Gasteiger partial charge is 0.264 e. The molecule has 0 amide bonds. The van der Waals surface area contributed by atoms with Crippen LogP contribution in [0.2, 0.25) is 0 Å². The molecule has 1 aliphatic carbocycles. The van der Waals surface area contributed by atoms with E-state index in [-0.39, 0.29) is 12.0 Å². The molecule has 0 spiro atoms. The maximum atomic E-state index is 12.7. The van der Waals surface area contributed by atoms with E-state index in [2.05, 4.69) is 12.7 Å². The quantitative estimate of drug-likeness (QED) is 0.593. The lowest BCUT2D eigenvalue weighted by Gasteiger charge is -2.23. The Kier molecular flexibility index (Phi) is 4.18. The minimum atomic E-state index is -0.320. The van der Waals surface area contributed by atoms with Gasteiger partial charge in [-0.25, -0.2) is 0 Å². The van der Waals surface area contributed by atoms with Crippen molar-refractivity contribution >= 4 is 11.3 Å². The fourth-order valence-corrected chi connectivity index (χ4v) is 3.72. The predicted molar refractivity (Wildman–Crippen MR) is 97.0 cm³/mol. The summed E-state index contributed by atoms with van der Waals surface area (Å²) < 4.78 is 5.67. The van der Waals surface area contributed by atoms with Gasteiger partial charge in [0.1, 0.15) is 17.8 Å². The van der Waals surface area contributed by atoms with Crippen molar-refractivity contribution in [1.82, 2.24) is 0 Å². The van der Waals surface area contributed by atoms with Crippen molar-refractivity contribution in [2.75, 3.05) is 0 Å². The van der Waals surface area contributed by atoms with Crippen LogP contribution in [-0.4, -0.2) is 16.7 Å². The van der Waals surface area contributed by atoms with Gasteiger partial charge in [-0.2, -0.15) is 0 Å². The van der Waals surface area contributed by atoms with Crippen molar-refractivity contribution in [3.63, 3.8) is 0 Å². The van der Waals surface area contributed by atoms with E-state index < -0.39 is 0 Å². The highest BCUT2D eigenvalue weighted by molar-refractivity contribution is 6.23. The largest absolute Gasteiger partial charge is 0.468 e. The standard InChI is InChI=1S/C21H21NO3/c1-15(16-9-4-2-5-10-16)20-19(18-13-8-14-24-18)21(25-22(20)23)17-11-6-3-7-12-17/h2,4-5,8-11,13-14,19,21H,1,3,6-7,12H2/t19-,21+/m1/s1. The van der Waals surface area contributed by atoms with Gasteiger partial charge in [-0.1, -0.05) is 48.6 Å². The molecule has 4 heteroatoms. The van der Waals surface area contributed by atoms with E-state index in [9.17, 15) is 5.21 Å². The van der Waals surface area contributed by atoms with Crippen LogP contribution in [0.4, 0.5) is 0 Å². The number of nitrogens with zero attached hydrogens (tertiary/aromatic N) is 1. The van der Waals surface area contributed by atoms with E-state index in [4.69, 9.17) is 9.25 Å². The van der Waals surface area contributed by atoms with E-state index in [1.807, 2.05) is 42.5 Å². The molecular formula is C21H21NO3. The Morgan fingerprint density at radius 1 is 1.12 bits per heavy atom. The third-order valence-electron chi connectivity index (χ3n) is 4.98. The van der Waals surface area contributed by atoms with Crippen molar-refractivity contribution < 1.29 is 14.2 Å². The number of hydrogen-bond donors (Lipinski definition) is 0. The number of furan rings is 1. The zero-order chi connectivity index (χ0) is 17.2. The summed E-state index contributed by atoms with van der Waals surface area (Å²) in [5, 5.41) is 12.7. The van der Waals surface area contributed by atoms with E-state index in [0.29, 0.717) is 16.2 Å². The van der Waals surface area contributed by atoms with Crippen molar-refractivity contribution in [1.29, 1.82) is 0 Å². The second-order valence-electron chi connectivity index (χ2n) is 6.53. The lowest BCUT2D eigenvalue weighted by molar-refractivity contribution is -0.737. The van der Waals surface area contributed by atoms with Crippen molar-refractivity contribution in [2.24, 2.45) is 0 Å². The van der Waals surface area contributed by atoms with Crippen LogP contribution >= 0.6 is 0 Å². The Morgan fingerprint density at radius 2 is 1.96 bits per heavy atom. The molecule has 1 aromatic carbocycles. The zero-order valence-corrected chi connectivity index (χ0v) is 14.1. The molecule has 2 aliphatic rings. The van der Waals surface area contributed by atoms with Gasteiger partial charge in [-0.05, 0) is 43.4 Å². The molecule has 0 saturated carbocycles. The summed E-state index contributed by atoms with van der Waals surface area (Å²) in [7, 11) is 0. The first kappa shape index (κ1) is 15.8. The third kappa shape index (κ3) is 2.88. The molecule has 128 valence electrons. The third-order valence-corrected chi connectivity index (χ3v) is 4.98. The van der Waals surface area contributed by atoms with Crippen molar-refractivity contribution in [2.45, 2.75) is 37.7 Å².